The van der Waals surface area contributed by atoms with Crippen LogP contribution in [0.1, 0.15) is 51.9 Å². The molecule has 1 aliphatic carbocycles. The second kappa shape index (κ2) is 9.37. The largest absolute Gasteiger partial charge is 0.501 e. The van der Waals surface area contributed by atoms with Gasteiger partial charge in [0.1, 0.15) is 5.76 Å². The summed E-state index contributed by atoms with van der Waals surface area (Å²) in [5.41, 5.74) is 0.551. The zero-order valence-corrected chi connectivity index (χ0v) is 13.3. The molecule has 0 saturated heterocycles. The summed E-state index contributed by atoms with van der Waals surface area (Å²) >= 11 is 0. The molecule has 0 saturated carbocycles. The minimum atomic E-state index is -0.366. The summed E-state index contributed by atoms with van der Waals surface area (Å²) in [5, 5.41) is 0. The molecule has 0 aromatic rings. The molecule has 1 rings (SSSR count). The highest BCUT2D eigenvalue weighted by atomic mass is 16.5. The van der Waals surface area contributed by atoms with Gasteiger partial charge in [0.15, 0.2) is 5.78 Å². The van der Waals surface area contributed by atoms with E-state index in [1.807, 2.05) is 6.08 Å². The van der Waals surface area contributed by atoms with Crippen molar-refractivity contribution in [2.24, 2.45) is 5.92 Å². The lowest BCUT2D eigenvalue weighted by atomic mass is 9.99. The first-order chi connectivity index (χ1) is 10.1. The maximum Gasteiger partial charge on any atom is 0.337 e. The first-order valence-electron chi connectivity index (χ1n) is 7.70. The Bertz CT molecular complexity index is 421. The molecule has 1 atom stereocenters. The van der Waals surface area contributed by atoms with Gasteiger partial charge in [-0.3, -0.25) is 4.79 Å². The van der Waals surface area contributed by atoms with E-state index in [1.165, 1.54) is 20.0 Å². The number of ether oxygens (including phenoxy) is 2. The molecule has 0 fully saturated rings. The molecule has 0 radical (unpaired) electrons. The second-order valence-corrected chi connectivity index (χ2v) is 5.31. The Hall–Kier alpha value is -1.58. The molecule has 1 unspecified atom stereocenters. The van der Waals surface area contributed by atoms with Crippen molar-refractivity contribution in [2.75, 3.05) is 14.2 Å². The van der Waals surface area contributed by atoms with Gasteiger partial charge in [-0.2, -0.15) is 0 Å². The predicted octanol–water partition coefficient (Wildman–Crippen LogP) is 3.57. The summed E-state index contributed by atoms with van der Waals surface area (Å²) in [4.78, 5) is 23.6. The number of rotatable bonds is 9. The van der Waals surface area contributed by atoms with Crippen molar-refractivity contribution in [2.45, 2.75) is 51.9 Å². The predicted molar refractivity (Wildman–Crippen MR) is 81.7 cm³/mol. The first kappa shape index (κ1) is 17.5. The highest BCUT2D eigenvalue weighted by Crippen LogP contribution is 2.34. The Labute approximate surface area is 127 Å². The van der Waals surface area contributed by atoms with Crippen LogP contribution >= 0.6 is 0 Å². The van der Waals surface area contributed by atoms with E-state index < -0.39 is 0 Å². The molecule has 4 heteroatoms. The molecule has 0 heterocycles. The summed E-state index contributed by atoms with van der Waals surface area (Å²) < 4.78 is 10.0. The number of esters is 1. The third-order valence-electron chi connectivity index (χ3n) is 3.80. The van der Waals surface area contributed by atoms with Gasteiger partial charge < -0.3 is 9.47 Å². The molecule has 118 valence electrons. The number of allylic oxidation sites excluding steroid dienone is 3. The monoisotopic (exact) mass is 294 g/mol. The van der Waals surface area contributed by atoms with Crippen molar-refractivity contribution >= 4 is 11.8 Å². The summed E-state index contributed by atoms with van der Waals surface area (Å²) in [5.74, 6) is 0.356. The minimum Gasteiger partial charge on any atom is -0.501 e. The lowest BCUT2D eigenvalue weighted by Crippen LogP contribution is -2.11. The van der Waals surface area contributed by atoms with Crippen LogP contribution in [0, 0.1) is 5.92 Å². The molecular weight excluding hydrogens is 268 g/mol. The number of methoxy groups -OCH3 is 2. The average molecular weight is 294 g/mol. The highest BCUT2D eigenvalue weighted by molar-refractivity contribution is 5.92. The van der Waals surface area contributed by atoms with Gasteiger partial charge in [-0.1, -0.05) is 32.3 Å². The van der Waals surface area contributed by atoms with E-state index in [1.54, 1.807) is 13.2 Å². The van der Waals surface area contributed by atoms with Crippen molar-refractivity contribution in [3.8, 4) is 0 Å². The molecule has 21 heavy (non-hydrogen) atoms. The normalized spacial score (nSPS) is 18.3. The van der Waals surface area contributed by atoms with E-state index in [9.17, 15) is 9.59 Å². The zero-order valence-electron chi connectivity index (χ0n) is 13.3. The molecular formula is C17H26O4. The van der Waals surface area contributed by atoms with Crippen molar-refractivity contribution < 1.29 is 19.1 Å². The van der Waals surface area contributed by atoms with Crippen LogP contribution in [-0.2, 0) is 19.1 Å². The maximum absolute atomic E-state index is 11.8. The molecule has 0 bridgehead atoms. The van der Waals surface area contributed by atoms with E-state index in [-0.39, 0.29) is 17.7 Å². The van der Waals surface area contributed by atoms with Gasteiger partial charge in [0.2, 0.25) is 0 Å². The Morgan fingerprint density at radius 3 is 2.62 bits per heavy atom. The van der Waals surface area contributed by atoms with E-state index in [2.05, 4.69) is 6.92 Å². The molecule has 4 nitrogen and oxygen atoms in total. The minimum absolute atomic E-state index is 0.0769. The van der Waals surface area contributed by atoms with Crippen LogP contribution in [0.25, 0.3) is 0 Å². The Balaban J connectivity index is 2.57. The van der Waals surface area contributed by atoms with Crippen LogP contribution in [0.4, 0.5) is 0 Å². The van der Waals surface area contributed by atoms with Crippen LogP contribution in [-0.4, -0.2) is 26.0 Å². The number of hydrogen-bond donors (Lipinski definition) is 0. The fraction of sp³-hybridized carbons (Fsp3) is 0.647. The third kappa shape index (κ3) is 5.37. The topological polar surface area (TPSA) is 52.6 Å². The van der Waals surface area contributed by atoms with Crippen molar-refractivity contribution in [1.29, 1.82) is 0 Å². The summed E-state index contributed by atoms with van der Waals surface area (Å²) in [6, 6.07) is 0. The van der Waals surface area contributed by atoms with Crippen LogP contribution in [0.2, 0.25) is 0 Å². The van der Waals surface area contributed by atoms with Crippen molar-refractivity contribution in [1.82, 2.24) is 0 Å². The van der Waals surface area contributed by atoms with Gasteiger partial charge in [0, 0.05) is 18.8 Å². The van der Waals surface area contributed by atoms with Crippen LogP contribution in [0.5, 0.6) is 0 Å². The Morgan fingerprint density at radius 1 is 1.24 bits per heavy atom. The SMILES string of the molecule is CCCCCCC(=O)C=CC1CCC(OC)=C1C(=O)OC. The summed E-state index contributed by atoms with van der Waals surface area (Å²) in [7, 11) is 2.92. The molecule has 0 aliphatic heterocycles. The van der Waals surface area contributed by atoms with Gasteiger partial charge in [-0.05, 0) is 18.9 Å². The lowest BCUT2D eigenvalue weighted by Gasteiger charge is -2.09. The zero-order chi connectivity index (χ0) is 15.7. The van der Waals surface area contributed by atoms with E-state index in [4.69, 9.17) is 9.47 Å². The number of unbranched alkanes of at least 4 members (excludes halogenated alkanes) is 3. The number of carbonyl (C=O) groups excluding carboxylic acids is 2. The Kier molecular flexibility index (Phi) is 7.80. The number of ketones is 1. The fourth-order valence-corrected chi connectivity index (χ4v) is 2.58. The smallest absolute Gasteiger partial charge is 0.337 e. The second-order valence-electron chi connectivity index (χ2n) is 5.31. The van der Waals surface area contributed by atoms with E-state index >= 15 is 0 Å². The van der Waals surface area contributed by atoms with Gasteiger partial charge in [-0.25, -0.2) is 4.79 Å². The molecule has 0 aromatic carbocycles. The summed E-state index contributed by atoms with van der Waals surface area (Å²) in [6.45, 7) is 2.15. The molecule has 0 amide bonds. The van der Waals surface area contributed by atoms with E-state index in [0.29, 0.717) is 24.2 Å². The average Bonchev–Trinajstić information content (AvgIpc) is 2.91. The standard InChI is InChI=1S/C17H26O4/c1-4-5-6-7-8-14(18)11-9-13-10-12-15(20-2)16(13)17(19)21-3/h9,11,13H,4-8,10,12H2,1-3H3. The third-order valence-corrected chi connectivity index (χ3v) is 3.80. The quantitative estimate of drug-likeness (QED) is 0.370. The Morgan fingerprint density at radius 2 is 2.00 bits per heavy atom. The number of hydrogen-bond acceptors (Lipinski definition) is 4. The molecule has 1 aliphatic rings. The van der Waals surface area contributed by atoms with Gasteiger partial charge in [0.05, 0.1) is 19.8 Å². The van der Waals surface area contributed by atoms with Crippen LogP contribution in [0.15, 0.2) is 23.5 Å². The maximum atomic E-state index is 11.8. The fourth-order valence-electron chi connectivity index (χ4n) is 2.58. The van der Waals surface area contributed by atoms with Crippen LogP contribution in [0.3, 0.4) is 0 Å². The van der Waals surface area contributed by atoms with Gasteiger partial charge in [0.25, 0.3) is 0 Å². The summed E-state index contributed by atoms with van der Waals surface area (Å²) in [6.07, 6.45) is 9.88. The molecule has 0 aromatic heterocycles. The van der Waals surface area contributed by atoms with Crippen molar-refractivity contribution in [3.63, 3.8) is 0 Å². The lowest BCUT2D eigenvalue weighted by molar-refractivity contribution is -0.136. The van der Waals surface area contributed by atoms with E-state index in [0.717, 1.165) is 19.3 Å². The highest BCUT2D eigenvalue weighted by Gasteiger charge is 2.30. The van der Waals surface area contributed by atoms with Crippen molar-refractivity contribution in [3.05, 3.63) is 23.5 Å². The van der Waals surface area contributed by atoms with Gasteiger partial charge in [-0.15, -0.1) is 0 Å². The van der Waals surface area contributed by atoms with Crippen LogP contribution < -0.4 is 0 Å². The number of carbonyl (C=O) groups is 2. The molecule has 0 N–H and O–H groups in total. The molecule has 0 spiro atoms. The first-order valence-corrected chi connectivity index (χ1v) is 7.70. The van der Waals surface area contributed by atoms with Gasteiger partial charge >= 0.3 is 5.97 Å².